The molecule has 3 aliphatic rings. The number of amides is 3. The van der Waals surface area contributed by atoms with Crippen LogP contribution >= 0.6 is 0 Å². The van der Waals surface area contributed by atoms with Gasteiger partial charge < -0.3 is 20.3 Å². The van der Waals surface area contributed by atoms with Gasteiger partial charge in [0, 0.05) is 11.6 Å². The number of nitrogens with zero attached hydrogens (tertiary/aromatic N) is 1. The molecule has 0 spiro atoms. The Morgan fingerprint density at radius 2 is 1.81 bits per heavy atom. The Morgan fingerprint density at radius 3 is 2.45 bits per heavy atom. The Labute approximate surface area is 181 Å². The fraction of sp³-hybridized carbons (Fsp3) is 0.565. The number of benzene rings is 1. The van der Waals surface area contributed by atoms with E-state index in [0.717, 1.165) is 25.7 Å². The molecular weight excluding hydrogens is 398 g/mol. The minimum atomic E-state index is -1.04. The molecule has 3 amide bonds. The van der Waals surface area contributed by atoms with Crippen molar-refractivity contribution in [3.05, 3.63) is 35.4 Å². The largest absolute Gasteiger partial charge is 0.467 e. The first-order valence-corrected chi connectivity index (χ1v) is 10.9. The van der Waals surface area contributed by atoms with E-state index < -0.39 is 23.5 Å². The van der Waals surface area contributed by atoms with E-state index >= 15 is 0 Å². The van der Waals surface area contributed by atoms with Gasteiger partial charge in [-0.25, -0.2) is 4.79 Å². The van der Waals surface area contributed by atoms with E-state index in [1.165, 1.54) is 7.11 Å². The van der Waals surface area contributed by atoms with Crippen molar-refractivity contribution in [1.29, 1.82) is 0 Å². The van der Waals surface area contributed by atoms with Crippen LogP contribution in [0.4, 0.5) is 0 Å². The van der Waals surface area contributed by atoms with Gasteiger partial charge in [-0.1, -0.05) is 25.1 Å². The number of esters is 1. The predicted octanol–water partition coefficient (Wildman–Crippen LogP) is 1.70. The van der Waals surface area contributed by atoms with Crippen LogP contribution in [0.15, 0.2) is 24.3 Å². The van der Waals surface area contributed by atoms with Crippen LogP contribution in [0, 0.1) is 5.92 Å². The van der Waals surface area contributed by atoms with Crippen molar-refractivity contribution < 1.29 is 23.9 Å². The van der Waals surface area contributed by atoms with E-state index in [1.807, 2.05) is 0 Å². The molecule has 0 saturated heterocycles. The third kappa shape index (κ3) is 4.03. The van der Waals surface area contributed by atoms with Gasteiger partial charge in [0.2, 0.25) is 11.8 Å². The van der Waals surface area contributed by atoms with Gasteiger partial charge in [0.05, 0.1) is 13.7 Å². The number of nitrogens with one attached hydrogen (secondary N) is 2. The maximum Gasteiger partial charge on any atom is 0.331 e. The fourth-order valence-electron chi connectivity index (χ4n) is 4.74. The maximum atomic E-state index is 13.0. The molecule has 4 rings (SSSR count). The van der Waals surface area contributed by atoms with Gasteiger partial charge >= 0.3 is 5.97 Å². The predicted molar refractivity (Wildman–Crippen MR) is 112 cm³/mol. The Hall–Kier alpha value is -2.90. The Bertz CT molecular complexity index is 902. The van der Waals surface area contributed by atoms with E-state index in [2.05, 4.69) is 17.6 Å². The Kier molecular flexibility index (Phi) is 5.73. The van der Waals surface area contributed by atoms with Crippen molar-refractivity contribution in [2.45, 2.75) is 63.1 Å². The average Bonchev–Trinajstić information content (AvgIpc) is 3.57. The molecular formula is C23H29N3O5. The second kappa shape index (κ2) is 8.32. The highest BCUT2D eigenvalue weighted by molar-refractivity contribution is 6.05. The van der Waals surface area contributed by atoms with Crippen LogP contribution in [0.25, 0.3) is 0 Å². The molecule has 2 fully saturated rings. The molecule has 2 saturated carbocycles. The molecule has 8 heteroatoms. The van der Waals surface area contributed by atoms with Crippen molar-refractivity contribution in [1.82, 2.24) is 15.5 Å². The number of carbonyl (C=O) groups excluding carboxylic acids is 4. The molecule has 1 unspecified atom stereocenters. The number of methoxy groups -OCH3 is 1. The molecule has 0 radical (unpaired) electrons. The first-order chi connectivity index (χ1) is 14.9. The highest BCUT2D eigenvalue weighted by Gasteiger charge is 2.48. The molecule has 31 heavy (non-hydrogen) atoms. The lowest BCUT2D eigenvalue weighted by Crippen LogP contribution is -2.58. The zero-order valence-corrected chi connectivity index (χ0v) is 18.0. The summed E-state index contributed by atoms with van der Waals surface area (Å²) in [5.41, 5.74) is 0.170. The van der Waals surface area contributed by atoms with Crippen LogP contribution < -0.4 is 10.6 Å². The van der Waals surface area contributed by atoms with Gasteiger partial charge in [0.15, 0.2) is 0 Å². The van der Waals surface area contributed by atoms with Crippen LogP contribution in [-0.4, -0.2) is 53.8 Å². The lowest BCUT2D eigenvalue weighted by Gasteiger charge is -2.37. The second-order valence-corrected chi connectivity index (χ2v) is 8.96. The fourth-order valence-corrected chi connectivity index (χ4v) is 4.74. The summed E-state index contributed by atoms with van der Waals surface area (Å²) in [7, 11) is 1.32. The topological polar surface area (TPSA) is 105 Å². The SMILES string of the molecule is COC(=O)C1(NC(=O)CNC(=O)C2c3ccccc3C(=O)N2C2CC2)CCC(C)CC1. The summed E-state index contributed by atoms with van der Waals surface area (Å²) in [5, 5.41) is 5.49. The number of fused-ring (bicyclic) bond motifs is 1. The standard InChI is InChI=1S/C23H29N3O5/c1-14-9-11-23(12-10-14,22(30)31-2)25-18(27)13-24-20(28)19-16-5-3-4-6-17(16)21(29)26(19)15-7-8-15/h3-6,14-15,19H,7-13H2,1-2H3,(H,24,28)(H,25,27). The highest BCUT2D eigenvalue weighted by atomic mass is 16.5. The molecule has 8 nitrogen and oxygen atoms in total. The highest BCUT2D eigenvalue weighted by Crippen LogP contribution is 2.41. The molecule has 2 aliphatic carbocycles. The van der Waals surface area contributed by atoms with E-state index in [0.29, 0.717) is 29.9 Å². The zero-order chi connectivity index (χ0) is 22.2. The van der Waals surface area contributed by atoms with Gasteiger partial charge in [-0.15, -0.1) is 0 Å². The minimum Gasteiger partial charge on any atom is -0.467 e. The molecule has 166 valence electrons. The number of carbonyl (C=O) groups is 4. The summed E-state index contributed by atoms with van der Waals surface area (Å²) in [6.07, 6.45) is 4.42. The number of rotatable bonds is 6. The lowest BCUT2D eigenvalue weighted by molar-refractivity contribution is -0.153. The molecule has 1 atom stereocenters. The summed E-state index contributed by atoms with van der Waals surface area (Å²) in [4.78, 5) is 52.5. The summed E-state index contributed by atoms with van der Waals surface area (Å²) >= 11 is 0. The maximum absolute atomic E-state index is 13.0. The van der Waals surface area contributed by atoms with Crippen molar-refractivity contribution >= 4 is 23.7 Å². The van der Waals surface area contributed by atoms with E-state index in [1.54, 1.807) is 29.2 Å². The third-order valence-corrected chi connectivity index (χ3v) is 6.69. The van der Waals surface area contributed by atoms with E-state index in [-0.39, 0.29) is 24.4 Å². The Morgan fingerprint density at radius 1 is 1.13 bits per heavy atom. The van der Waals surface area contributed by atoms with Crippen LogP contribution in [0.2, 0.25) is 0 Å². The monoisotopic (exact) mass is 427 g/mol. The zero-order valence-electron chi connectivity index (χ0n) is 18.0. The molecule has 1 aromatic carbocycles. The molecule has 2 N–H and O–H groups in total. The summed E-state index contributed by atoms with van der Waals surface area (Å²) in [6.45, 7) is 1.86. The smallest absolute Gasteiger partial charge is 0.331 e. The van der Waals surface area contributed by atoms with E-state index in [4.69, 9.17) is 4.74 Å². The molecule has 0 bridgehead atoms. The molecule has 0 aromatic heterocycles. The van der Waals surface area contributed by atoms with Crippen LogP contribution in [0.1, 0.15) is 67.4 Å². The quantitative estimate of drug-likeness (QED) is 0.673. The lowest BCUT2D eigenvalue weighted by atomic mass is 9.77. The third-order valence-electron chi connectivity index (χ3n) is 6.69. The molecule has 1 aromatic rings. The van der Waals surface area contributed by atoms with Crippen molar-refractivity contribution in [2.24, 2.45) is 5.92 Å². The van der Waals surface area contributed by atoms with Gasteiger partial charge in [-0.05, 0) is 56.1 Å². The first kappa shape index (κ1) is 21.3. The van der Waals surface area contributed by atoms with Crippen molar-refractivity contribution in [2.75, 3.05) is 13.7 Å². The van der Waals surface area contributed by atoms with Gasteiger partial charge in [0.25, 0.3) is 5.91 Å². The minimum absolute atomic E-state index is 0.0660. The van der Waals surface area contributed by atoms with Gasteiger partial charge in [-0.2, -0.15) is 0 Å². The number of ether oxygens (including phenoxy) is 1. The number of hydrogen-bond acceptors (Lipinski definition) is 5. The normalized spacial score (nSPS) is 27.4. The van der Waals surface area contributed by atoms with Crippen LogP contribution in [-0.2, 0) is 19.1 Å². The number of hydrogen-bond donors (Lipinski definition) is 2. The van der Waals surface area contributed by atoms with Crippen molar-refractivity contribution in [3.63, 3.8) is 0 Å². The second-order valence-electron chi connectivity index (χ2n) is 8.96. The van der Waals surface area contributed by atoms with Gasteiger partial charge in [-0.3, -0.25) is 14.4 Å². The summed E-state index contributed by atoms with van der Waals surface area (Å²) in [6, 6.07) is 6.45. The molecule has 1 aliphatic heterocycles. The van der Waals surface area contributed by atoms with E-state index in [9.17, 15) is 19.2 Å². The summed E-state index contributed by atoms with van der Waals surface area (Å²) in [5.74, 6) is -0.922. The van der Waals surface area contributed by atoms with Gasteiger partial charge in [0.1, 0.15) is 11.6 Å². The first-order valence-electron chi connectivity index (χ1n) is 10.9. The van der Waals surface area contributed by atoms with Crippen LogP contribution in [0.5, 0.6) is 0 Å². The molecule has 1 heterocycles. The van der Waals surface area contributed by atoms with Crippen molar-refractivity contribution in [3.8, 4) is 0 Å². The Balaban J connectivity index is 1.42. The average molecular weight is 428 g/mol. The van der Waals surface area contributed by atoms with Crippen LogP contribution in [0.3, 0.4) is 0 Å². The summed E-state index contributed by atoms with van der Waals surface area (Å²) < 4.78 is 4.95.